The third-order valence-electron chi connectivity index (χ3n) is 0.924. The maximum atomic E-state index is 10.3. The van der Waals surface area contributed by atoms with Gasteiger partial charge in [0.15, 0.2) is 0 Å². The van der Waals surface area contributed by atoms with Crippen molar-refractivity contribution >= 4 is 16.1 Å². The highest BCUT2D eigenvalue weighted by Crippen LogP contribution is 1.82. The zero-order chi connectivity index (χ0) is 12.3. The molecule has 7 heteroatoms. The predicted molar refractivity (Wildman–Crippen MR) is 54.6 cm³/mol. The van der Waals surface area contributed by atoms with E-state index in [0.29, 0.717) is 11.8 Å². The first kappa shape index (κ1) is 16.3. The van der Waals surface area contributed by atoms with E-state index in [9.17, 15) is 13.2 Å². The third-order valence-corrected chi connectivity index (χ3v) is 1.35. The summed E-state index contributed by atoms with van der Waals surface area (Å²) in [4.78, 5) is 10.3. The molecule has 0 aliphatic rings. The lowest BCUT2D eigenvalue weighted by atomic mass is 10.5. The summed E-state index contributed by atoms with van der Waals surface area (Å²) in [7, 11) is -3.90. The minimum atomic E-state index is -3.90. The van der Waals surface area contributed by atoms with E-state index in [2.05, 4.69) is 17.9 Å². The van der Waals surface area contributed by atoms with Crippen molar-refractivity contribution in [2.75, 3.05) is 13.2 Å². The molecule has 0 aliphatic carbocycles. The number of carbonyl (C=O) groups excluding carboxylic acids is 1. The second-order valence-electron chi connectivity index (χ2n) is 2.13. The Bertz CT molecular complexity index is 281. The number of hydrogen-bond acceptors (Lipinski definition) is 5. The van der Waals surface area contributed by atoms with Crippen LogP contribution in [0.2, 0.25) is 0 Å². The zero-order valence-electron chi connectivity index (χ0n) is 8.13. The lowest BCUT2D eigenvalue weighted by molar-refractivity contribution is -0.137. The van der Waals surface area contributed by atoms with Crippen LogP contribution in [0, 0.1) is 0 Å². The van der Waals surface area contributed by atoms with Gasteiger partial charge in [-0.25, -0.2) is 4.79 Å². The van der Waals surface area contributed by atoms with Gasteiger partial charge in [0, 0.05) is 19.1 Å². The average Bonchev–Trinajstić information content (AvgIpc) is 2.18. The van der Waals surface area contributed by atoms with Gasteiger partial charge in [-0.2, -0.15) is 8.42 Å². The minimum Gasteiger partial charge on any atom is -0.462 e. The van der Waals surface area contributed by atoms with Crippen molar-refractivity contribution < 1.29 is 27.6 Å². The minimum absolute atomic E-state index is 0.0461. The summed E-state index contributed by atoms with van der Waals surface area (Å²) in [6.07, 6.45) is 1.58. The number of hydrogen-bond donors (Lipinski definition) is 2. The molecule has 0 aromatic heterocycles. The van der Waals surface area contributed by atoms with E-state index in [-0.39, 0.29) is 13.2 Å². The number of ether oxygens (including phenoxy) is 1. The SMILES string of the molecule is C=CC(=O)OCCCO.C=CS(=O)(=O)O. The first-order valence-electron chi connectivity index (χ1n) is 3.87. The summed E-state index contributed by atoms with van der Waals surface area (Å²) in [5.41, 5.74) is 0. The van der Waals surface area contributed by atoms with E-state index in [1.165, 1.54) is 0 Å². The molecular weight excluding hydrogens is 224 g/mol. The first-order chi connectivity index (χ1) is 6.87. The van der Waals surface area contributed by atoms with E-state index >= 15 is 0 Å². The molecule has 88 valence electrons. The number of aliphatic hydroxyl groups excluding tert-OH is 1. The van der Waals surface area contributed by atoms with Gasteiger partial charge in [-0.1, -0.05) is 13.2 Å². The summed E-state index contributed by atoms with van der Waals surface area (Å²) in [5.74, 6) is -0.441. The molecule has 2 N–H and O–H groups in total. The van der Waals surface area contributed by atoms with Crippen LogP contribution in [0.3, 0.4) is 0 Å². The van der Waals surface area contributed by atoms with E-state index in [1.54, 1.807) is 0 Å². The van der Waals surface area contributed by atoms with Crippen molar-refractivity contribution in [2.24, 2.45) is 0 Å². The lowest BCUT2D eigenvalue weighted by Crippen LogP contribution is -2.02. The van der Waals surface area contributed by atoms with Crippen LogP contribution in [0.4, 0.5) is 0 Å². The zero-order valence-corrected chi connectivity index (χ0v) is 8.94. The van der Waals surface area contributed by atoms with Crippen LogP contribution < -0.4 is 0 Å². The number of rotatable bonds is 5. The molecule has 0 atom stereocenters. The van der Waals surface area contributed by atoms with Crippen LogP contribution in [-0.4, -0.2) is 37.3 Å². The molecule has 0 spiro atoms. The van der Waals surface area contributed by atoms with Crippen LogP contribution in [0.25, 0.3) is 0 Å². The maximum absolute atomic E-state index is 10.3. The topological polar surface area (TPSA) is 101 Å². The molecule has 0 rings (SSSR count). The van der Waals surface area contributed by atoms with Gasteiger partial charge < -0.3 is 9.84 Å². The molecule has 0 aromatic rings. The largest absolute Gasteiger partial charge is 0.462 e. The normalized spacial score (nSPS) is 9.47. The van der Waals surface area contributed by atoms with Crippen molar-refractivity contribution in [1.29, 1.82) is 0 Å². The number of esters is 1. The Labute approximate surface area is 88.6 Å². The molecule has 6 nitrogen and oxygen atoms in total. The molecule has 15 heavy (non-hydrogen) atoms. The molecule has 0 aliphatic heterocycles. The number of carbonyl (C=O) groups is 1. The highest BCUT2D eigenvalue weighted by Gasteiger charge is 1.91. The lowest BCUT2D eigenvalue weighted by Gasteiger charge is -1.96. The maximum Gasteiger partial charge on any atom is 0.330 e. The monoisotopic (exact) mass is 238 g/mol. The molecule has 0 saturated carbocycles. The van der Waals surface area contributed by atoms with Crippen molar-refractivity contribution in [2.45, 2.75) is 6.42 Å². The molecule has 0 saturated heterocycles. The van der Waals surface area contributed by atoms with E-state index in [1.807, 2.05) is 0 Å². The van der Waals surface area contributed by atoms with Crippen LogP contribution in [0.15, 0.2) is 24.6 Å². The van der Waals surface area contributed by atoms with Crippen LogP contribution >= 0.6 is 0 Å². The Balaban J connectivity index is 0. The molecular formula is C8H14O6S. The quantitative estimate of drug-likeness (QED) is 0.305. The summed E-state index contributed by atoms with van der Waals surface area (Å²) >= 11 is 0. The third kappa shape index (κ3) is 19.3. The first-order valence-corrected chi connectivity index (χ1v) is 5.37. The molecule has 0 unspecified atom stereocenters. The molecule has 0 fully saturated rings. The smallest absolute Gasteiger partial charge is 0.330 e. The van der Waals surface area contributed by atoms with Gasteiger partial charge in [-0.3, -0.25) is 4.55 Å². The van der Waals surface area contributed by atoms with Gasteiger partial charge >= 0.3 is 5.97 Å². The molecule has 0 amide bonds. The van der Waals surface area contributed by atoms with E-state index < -0.39 is 16.1 Å². The fourth-order valence-corrected chi connectivity index (χ4v) is 0.296. The fraction of sp³-hybridized carbons (Fsp3) is 0.375. The van der Waals surface area contributed by atoms with Crippen LogP contribution in [0.1, 0.15) is 6.42 Å². The van der Waals surface area contributed by atoms with E-state index in [4.69, 9.17) is 9.66 Å². The fourth-order valence-electron chi connectivity index (χ4n) is 0.296. The van der Waals surface area contributed by atoms with Gasteiger partial charge in [0.25, 0.3) is 10.1 Å². The highest BCUT2D eigenvalue weighted by molar-refractivity contribution is 7.88. The second kappa shape index (κ2) is 9.38. The standard InChI is InChI=1S/C6H10O3.C2H4O3S/c1-2-6(8)9-5-3-4-7;1-2-6(3,4)5/h2,7H,1,3-5H2;2H,1H2,(H,3,4,5). The van der Waals surface area contributed by atoms with Crippen LogP contribution in [0.5, 0.6) is 0 Å². The Kier molecular flexibility index (Phi) is 10.2. The predicted octanol–water partition coefficient (Wildman–Crippen LogP) is 0.116. The Morgan fingerprint density at radius 2 is 1.87 bits per heavy atom. The van der Waals surface area contributed by atoms with Gasteiger partial charge in [-0.05, 0) is 0 Å². The van der Waals surface area contributed by atoms with Crippen molar-refractivity contribution in [3.63, 3.8) is 0 Å². The van der Waals surface area contributed by atoms with Crippen molar-refractivity contribution in [3.05, 3.63) is 24.6 Å². The summed E-state index contributed by atoms with van der Waals surface area (Å²) < 4.78 is 31.1. The Morgan fingerprint density at radius 3 is 2.13 bits per heavy atom. The average molecular weight is 238 g/mol. The van der Waals surface area contributed by atoms with Gasteiger partial charge in [0.1, 0.15) is 0 Å². The van der Waals surface area contributed by atoms with Crippen molar-refractivity contribution in [1.82, 2.24) is 0 Å². The van der Waals surface area contributed by atoms with Crippen LogP contribution in [-0.2, 0) is 19.6 Å². The summed E-state index contributed by atoms with van der Waals surface area (Å²) in [6, 6.07) is 0. The summed E-state index contributed by atoms with van der Waals surface area (Å²) in [6.45, 7) is 6.31. The van der Waals surface area contributed by atoms with Gasteiger partial charge in [0.2, 0.25) is 0 Å². The van der Waals surface area contributed by atoms with E-state index in [0.717, 1.165) is 6.08 Å². The molecule has 0 bridgehead atoms. The Hall–Kier alpha value is -1.18. The number of aliphatic hydroxyl groups is 1. The highest BCUT2D eigenvalue weighted by atomic mass is 32.2. The Morgan fingerprint density at radius 1 is 1.40 bits per heavy atom. The van der Waals surface area contributed by atoms with Gasteiger partial charge in [-0.15, -0.1) is 0 Å². The van der Waals surface area contributed by atoms with Gasteiger partial charge in [0.05, 0.1) is 12.0 Å². The second-order valence-corrected chi connectivity index (χ2v) is 3.49. The summed E-state index contributed by atoms with van der Waals surface area (Å²) in [5, 5.41) is 8.70. The molecule has 0 heterocycles. The molecule has 0 radical (unpaired) electrons. The molecule has 0 aromatic carbocycles. The van der Waals surface area contributed by atoms with Crippen molar-refractivity contribution in [3.8, 4) is 0 Å².